The minimum absolute atomic E-state index is 0.0776. The summed E-state index contributed by atoms with van der Waals surface area (Å²) in [5.41, 5.74) is 7.74. The number of rotatable bonds is 10. The monoisotopic (exact) mass is 427 g/mol. The van der Waals surface area contributed by atoms with Crippen LogP contribution in [0.3, 0.4) is 0 Å². The van der Waals surface area contributed by atoms with E-state index in [-0.39, 0.29) is 5.41 Å². The van der Waals surface area contributed by atoms with Crippen molar-refractivity contribution >= 4 is 17.2 Å². The molecule has 1 aliphatic heterocycles. The first kappa shape index (κ1) is 22.7. The number of hydrogen-bond acceptors (Lipinski definition) is 4. The van der Waals surface area contributed by atoms with Crippen molar-refractivity contribution in [1.82, 2.24) is 20.1 Å². The van der Waals surface area contributed by atoms with E-state index in [9.17, 15) is 0 Å². The summed E-state index contributed by atoms with van der Waals surface area (Å²) in [5, 5.41) is 8.20. The van der Waals surface area contributed by atoms with E-state index in [1.165, 1.54) is 18.4 Å². The molecule has 2 fully saturated rings. The van der Waals surface area contributed by atoms with Crippen LogP contribution in [0.1, 0.15) is 50.7 Å². The van der Waals surface area contributed by atoms with Crippen LogP contribution in [-0.2, 0) is 5.41 Å². The van der Waals surface area contributed by atoms with Gasteiger partial charge in [0.25, 0.3) is 0 Å². The molecule has 3 N–H and O–H groups in total. The highest BCUT2D eigenvalue weighted by atomic mass is 35.5. The van der Waals surface area contributed by atoms with Gasteiger partial charge in [0.05, 0.1) is 10.4 Å². The minimum atomic E-state index is -0.0776. The Labute approximate surface area is 185 Å². The smallest absolute Gasteiger partial charge is 0.182 e. The summed E-state index contributed by atoms with van der Waals surface area (Å²) >= 11 is 6.47. The highest BCUT2D eigenvalue weighted by molar-refractivity contribution is 6.34. The zero-order valence-corrected chi connectivity index (χ0v) is 18.8. The molecule has 0 radical (unpaired) electrons. The molecule has 1 saturated carbocycles. The fourth-order valence-electron chi connectivity index (χ4n) is 4.17. The summed E-state index contributed by atoms with van der Waals surface area (Å²) < 4.78 is 0. The maximum atomic E-state index is 6.47. The summed E-state index contributed by atoms with van der Waals surface area (Å²) in [7, 11) is 0. The molecular weight excluding hydrogens is 394 g/mol. The Morgan fingerprint density at radius 1 is 1.30 bits per heavy atom. The van der Waals surface area contributed by atoms with Crippen LogP contribution in [0, 0.1) is 5.92 Å². The van der Waals surface area contributed by atoms with Crippen molar-refractivity contribution in [1.29, 1.82) is 0 Å². The van der Waals surface area contributed by atoms with Gasteiger partial charge in [-0.25, -0.2) is 4.98 Å². The molecule has 3 rings (SSSR count). The summed E-state index contributed by atoms with van der Waals surface area (Å²) in [6.45, 7) is 13.8. The third-order valence-electron chi connectivity index (χ3n) is 6.25. The predicted molar refractivity (Wildman–Crippen MR) is 126 cm³/mol. The summed E-state index contributed by atoms with van der Waals surface area (Å²) in [5.74, 6) is 2.17. The number of hydrogen-bond donors (Lipinski definition) is 2. The van der Waals surface area contributed by atoms with E-state index in [1.807, 2.05) is 12.2 Å². The van der Waals surface area contributed by atoms with Crippen LogP contribution in [0.2, 0.25) is 0 Å². The van der Waals surface area contributed by atoms with Crippen LogP contribution in [0.4, 0.5) is 0 Å². The Morgan fingerprint density at radius 2 is 2.03 bits per heavy atom. The first-order valence-corrected chi connectivity index (χ1v) is 11.3. The average Bonchev–Trinajstić information content (AvgIpc) is 3.44. The van der Waals surface area contributed by atoms with Gasteiger partial charge in [0.15, 0.2) is 5.82 Å². The van der Waals surface area contributed by atoms with Gasteiger partial charge in [-0.05, 0) is 69.3 Å². The average molecular weight is 428 g/mol. The summed E-state index contributed by atoms with van der Waals surface area (Å²) in [4.78, 5) is 7.27. The quantitative estimate of drug-likeness (QED) is 0.530. The number of likely N-dealkylation sites (tertiary alicyclic amines) is 1. The van der Waals surface area contributed by atoms with Gasteiger partial charge < -0.3 is 5.73 Å². The molecule has 2 heterocycles. The highest BCUT2D eigenvalue weighted by Crippen LogP contribution is 2.53. The van der Waals surface area contributed by atoms with E-state index in [2.05, 4.69) is 47.3 Å². The molecular formula is C24H34ClN5. The molecule has 0 aromatic carbocycles. The maximum absolute atomic E-state index is 6.47. The van der Waals surface area contributed by atoms with Gasteiger partial charge in [0.2, 0.25) is 0 Å². The fraction of sp³-hybridized carbons (Fsp3) is 0.500. The lowest BCUT2D eigenvalue weighted by molar-refractivity contribution is 0.204. The Morgan fingerprint density at radius 3 is 2.60 bits per heavy atom. The lowest BCUT2D eigenvalue weighted by Crippen LogP contribution is -2.36. The Kier molecular flexibility index (Phi) is 7.87. The predicted octanol–water partition coefficient (Wildman–Crippen LogP) is 4.72. The highest BCUT2D eigenvalue weighted by Gasteiger charge is 2.49. The number of allylic oxidation sites excluding steroid dienone is 7. The van der Waals surface area contributed by atoms with Gasteiger partial charge in [0, 0.05) is 12.1 Å². The van der Waals surface area contributed by atoms with Crippen molar-refractivity contribution in [3.05, 3.63) is 65.8 Å². The zero-order chi connectivity index (χ0) is 21.6. The number of H-pyrrole nitrogens is 1. The molecule has 5 nitrogen and oxygen atoms in total. The topological polar surface area (TPSA) is 70.8 Å². The molecule has 2 aliphatic rings. The molecule has 0 atom stereocenters. The van der Waals surface area contributed by atoms with E-state index in [0.29, 0.717) is 16.8 Å². The number of aromatic amines is 1. The second-order valence-electron chi connectivity index (χ2n) is 8.21. The van der Waals surface area contributed by atoms with Crippen LogP contribution < -0.4 is 5.73 Å². The molecule has 1 aromatic heterocycles. The van der Waals surface area contributed by atoms with Crippen LogP contribution in [-0.4, -0.2) is 46.3 Å². The van der Waals surface area contributed by atoms with Gasteiger partial charge in [-0.15, -0.1) is 0 Å². The molecule has 0 unspecified atom stereocenters. The van der Waals surface area contributed by atoms with E-state index in [0.717, 1.165) is 56.8 Å². The van der Waals surface area contributed by atoms with E-state index < -0.39 is 0 Å². The number of nitrogens with zero attached hydrogens (tertiary/aromatic N) is 3. The van der Waals surface area contributed by atoms with Crippen LogP contribution in [0.5, 0.6) is 0 Å². The lowest BCUT2D eigenvalue weighted by Gasteiger charge is -2.30. The number of nitrogens with two attached hydrogens (primary N) is 1. The van der Waals surface area contributed by atoms with Crippen molar-refractivity contribution < 1.29 is 0 Å². The third-order valence-corrected chi connectivity index (χ3v) is 6.61. The van der Waals surface area contributed by atoms with Crippen LogP contribution in [0.25, 0.3) is 5.57 Å². The summed E-state index contributed by atoms with van der Waals surface area (Å²) in [6.07, 6.45) is 15.4. The molecule has 0 amide bonds. The SMILES string of the molecule is C=C/C(Cl)=C(\C=C/CN1CCC(CN)CC1)c1n[nH]c(C2(/C(C=C)=C/CC)CC2)n1. The standard InChI is InChI=1S/C24H34ClN5/c1-4-8-19(5-2)24(12-13-24)23-27-22(28-29-23)20(21(25)6-3)9-7-14-30-15-10-18(17-26)11-16-30/h5-9,18H,2-4,10-17,26H2,1H3,(H,27,28,29)/b9-7-,19-8+,21-20-. The fourth-order valence-corrected chi connectivity index (χ4v) is 4.32. The van der Waals surface area contributed by atoms with Gasteiger partial charge in [-0.1, -0.05) is 56.0 Å². The van der Waals surface area contributed by atoms with Crippen LogP contribution in [0.15, 0.2) is 54.1 Å². The number of nitrogens with one attached hydrogen (secondary N) is 1. The first-order chi connectivity index (χ1) is 14.6. The number of piperidine rings is 1. The zero-order valence-electron chi connectivity index (χ0n) is 18.0. The second kappa shape index (κ2) is 10.4. The van der Waals surface area contributed by atoms with Gasteiger partial charge in [0.1, 0.15) is 5.82 Å². The van der Waals surface area contributed by atoms with Gasteiger partial charge in [-0.3, -0.25) is 10.00 Å². The van der Waals surface area contributed by atoms with Crippen molar-refractivity contribution in [2.75, 3.05) is 26.2 Å². The number of aromatic nitrogens is 3. The number of halogens is 1. The van der Waals surface area contributed by atoms with Gasteiger partial charge >= 0.3 is 0 Å². The van der Waals surface area contributed by atoms with Gasteiger partial charge in [-0.2, -0.15) is 5.10 Å². The van der Waals surface area contributed by atoms with Crippen molar-refractivity contribution in [2.45, 2.75) is 44.4 Å². The second-order valence-corrected chi connectivity index (χ2v) is 8.62. The molecule has 1 aromatic rings. The van der Waals surface area contributed by atoms with Crippen molar-refractivity contribution in [3.63, 3.8) is 0 Å². The third kappa shape index (κ3) is 5.02. The van der Waals surface area contributed by atoms with E-state index >= 15 is 0 Å². The molecule has 162 valence electrons. The van der Waals surface area contributed by atoms with Crippen molar-refractivity contribution in [3.8, 4) is 0 Å². The summed E-state index contributed by atoms with van der Waals surface area (Å²) in [6, 6.07) is 0. The molecule has 0 spiro atoms. The van der Waals surface area contributed by atoms with E-state index in [1.54, 1.807) is 6.08 Å². The van der Waals surface area contributed by atoms with E-state index in [4.69, 9.17) is 22.3 Å². The Bertz CT molecular complexity index is 836. The minimum Gasteiger partial charge on any atom is -0.330 e. The van der Waals surface area contributed by atoms with Crippen molar-refractivity contribution in [2.24, 2.45) is 11.7 Å². The van der Waals surface area contributed by atoms with Crippen LogP contribution >= 0.6 is 11.6 Å². The molecule has 1 aliphatic carbocycles. The first-order valence-electron chi connectivity index (χ1n) is 11.0. The largest absolute Gasteiger partial charge is 0.330 e. The Balaban J connectivity index is 1.74. The molecule has 0 bridgehead atoms. The lowest BCUT2D eigenvalue weighted by atomic mass is 9.94. The normalized spacial score (nSPS) is 21.0. The molecule has 6 heteroatoms. The molecule has 30 heavy (non-hydrogen) atoms. The Hall–Kier alpha value is -1.95. The maximum Gasteiger partial charge on any atom is 0.182 e. The molecule has 1 saturated heterocycles.